The molecule has 0 aliphatic rings. The van der Waals surface area contributed by atoms with Crippen LogP contribution in [0, 0.1) is 0 Å². The summed E-state index contributed by atoms with van der Waals surface area (Å²) in [6, 6.07) is 7.26. The van der Waals surface area contributed by atoms with E-state index in [1.54, 1.807) is 18.3 Å². The van der Waals surface area contributed by atoms with Gasteiger partial charge < -0.3 is 20.8 Å². The number of ether oxygens (including phenoxy) is 1. The van der Waals surface area contributed by atoms with Crippen molar-refractivity contribution in [1.82, 2.24) is 10.3 Å². The summed E-state index contributed by atoms with van der Waals surface area (Å²) in [5.74, 6) is -0.215. The number of hydrogen-bond acceptors (Lipinski definition) is 3. The smallest absolute Gasteiger partial charge is 0.404 e. The zero-order valence-electron chi connectivity index (χ0n) is 9.60. The zero-order chi connectivity index (χ0) is 13.0. The quantitative estimate of drug-likeness (QED) is 0.703. The molecule has 1 aromatic heterocycles. The minimum absolute atomic E-state index is 0.0597. The first-order valence-electron chi connectivity index (χ1n) is 5.45. The second kappa shape index (κ2) is 5.22. The number of carbonyl (C=O) groups excluding carboxylic acids is 2. The van der Waals surface area contributed by atoms with Crippen molar-refractivity contribution in [3.8, 4) is 0 Å². The van der Waals surface area contributed by atoms with Gasteiger partial charge in [0.05, 0.1) is 6.54 Å². The Balaban J connectivity index is 2.00. The van der Waals surface area contributed by atoms with Crippen molar-refractivity contribution < 1.29 is 14.3 Å². The molecule has 0 fully saturated rings. The molecule has 1 aromatic carbocycles. The van der Waals surface area contributed by atoms with Gasteiger partial charge in [-0.25, -0.2) is 4.79 Å². The van der Waals surface area contributed by atoms with Crippen LogP contribution in [0.3, 0.4) is 0 Å². The highest BCUT2D eigenvalue weighted by atomic mass is 16.5. The summed E-state index contributed by atoms with van der Waals surface area (Å²) >= 11 is 0. The van der Waals surface area contributed by atoms with Crippen LogP contribution >= 0.6 is 0 Å². The molecular formula is C12H13N3O3. The molecule has 0 atom stereocenters. The van der Waals surface area contributed by atoms with Crippen molar-refractivity contribution in [2.45, 2.75) is 0 Å². The van der Waals surface area contributed by atoms with Gasteiger partial charge in [-0.15, -0.1) is 0 Å². The number of primary amides is 1. The summed E-state index contributed by atoms with van der Waals surface area (Å²) in [6.07, 6.45) is 0.925. The third kappa shape index (κ3) is 2.60. The zero-order valence-corrected chi connectivity index (χ0v) is 9.60. The lowest BCUT2D eigenvalue weighted by atomic mass is 10.1. The van der Waals surface area contributed by atoms with Crippen LogP contribution in [0.5, 0.6) is 0 Å². The predicted molar refractivity (Wildman–Crippen MR) is 66.2 cm³/mol. The summed E-state index contributed by atoms with van der Waals surface area (Å²) in [4.78, 5) is 25.3. The number of aromatic nitrogens is 1. The maximum Gasteiger partial charge on any atom is 0.404 e. The van der Waals surface area contributed by atoms with Crippen molar-refractivity contribution in [1.29, 1.82) is 0 Å². The topological polar surface area (TPSA) is 97.2 Å². The molecule has 18 heavy (non-hydrogen) atoms. The van der Waals surface area contributed by atoms with Crippen LogP contribution in [0.2, 0.25) is 0 Å². The molecule has 6 nitrogen and oxygen atoms in total. The van der Waals surface area contributed by atoms with Crippen LogP contribution in [-0.4, -0.2) is 30.1 Å². The SMILES string of the molecule is NC(=O)OCCNC(=O)c1cccc2[nH]ccc12. The van der Waals surface area contributed by atoms with Crippen LogP contribution < -0.4 is 11.1 Å². The van der Waals surface area contributed by atoms with Crippen LogP contribution in [-0.2, 0) is 4.74 Å². The van der Waals surface area contributed by atoms with Crippen molar-refractivity contribution >= 4 is 22.9 Å². The monoisotopic (exact) mass is 247 g/mol. The first kappa shape index (κ1) is 12.0. The van der Waals surface area contributed by atoms with E-state index in [1.165, 1.54) is 0 Å². The maximum absolute atomic E-state index is 11.9. The van der Waals surface area contributed by atoms with Crippen molar-refractivity contribution in [3.05, 3.63) is 36.0 Å². The second-order valence-electron chi connectivity index (χ2n) is 3.67. The van der Waals surface area contributed by atoms with Gasteiger partial charge in [0.2, 0.25) is 0 Å². The molecule has 0 saturated carbocycles. The van der Waals surface area contributed by atoms with E-state index < -0.39 is 6.09 Å². The number of benzene rings is 1. The van der Waals surface area contributed by atoms with Crippen LogP contribution in [0.15, 0.2) is 30.5 Å². The van der Waals surface area contributed by atoms with E-state index in [9.17, 15) is 9.59 Å². The number of hydrogen-bond donors (Lipinski definition) is 3. The third-order valence-corrected chi connectivity index (χ3v) is 2.47. The minimum atomic E-state index is -0.850. The van der Waals surface area contributed by atoms with E-state index in [0.717, 1.165) is 10.9 Å². The van der Waals surface area contributed by atoms with E-state index in [-0.39, 0.29) is 19.1 Å². The Hall–Kier alpha value is -2.50. The standard InChI is InChI=1S/C12H13N3O3/c13-12(17)18-7-6-15-11(16)9-2-1-3-10-8(9)4-5-14-10/h1-5,14H,6-7H2,(H2,13,17)(H,15,16). The number of fused-ring (bicyclic) bond motifs is 1. The van der Waals surface area contributed by atoms with Crippen molar-refractivity contribution in [2.75, 3.05) is 13.2 Å². The molecule has 6 heteroatoms. The van der Waals surface area contributed by atoms with E-state index in [0.29, 0.717) is 5.56 Å². The van der Waals surface area contributed by atoms with Gasteiger partial charge in [0, 0.05) is 22.7 Å². The fourth-order valence-corrected chi connectivity index (χ4v) is 1.69. The van der Waals surface area contributed by atoms with Gasteiger partial charge in [-0.1, -0.05) is 6.07 Å². The molecule has 94 valence electrons. The first-order valence-corrected chi connectivity index (χ1v) is 5.45. The van der Waals surface area contributed by atoms with Crippen LogP contribution in [0.4, 0.5) is 4.79 Å². The fraction of sp³-hybridized carbons (Fsp3) is 0.167. The highest BCUT2D eigenvalue weighted by Crippen LogP contribution is 2.16. The normalized spacial score (nSPS) is 10.2. The molecule has 1 heterocycles. The molecule has 2 amide bonds. The molecule has 2 aromatic rings. The van der Waals surface area contributed by atoms with Crippen molar-refractivity contribution in [3.63, 3.8) is 0 Å². The average Bonchev–Trinajstić information content (AvgIpc) is 2.82. The Kier molecular flexibility index (Phi) is 3.47. The van der Waals surface area contributed by atoms with Crippen LogP contribution in [0.1, 0.15) is 10.4 Å². The Bertz CT molecular complexity index is 577. The summed E-state index contributed by atoms with van der Waals surface area (Å²) in [5.41, 5.74) is 6.28. The highest BCUT2D eigenvalue weighted by molar-refractivity contribution is 6.06. The van der Waals surface area contributed by atoms with Gasteiger partial charge in [0.15, 0.2) is 0 Å². The Morgan fingerprint density at radius 1 is 1.33 bits per heavy atom. The van der Waals surface area contributed by atoms with Crippen molar-refractivity contribution in [2.24, 2.45) is 5.73 Å². The lowest BCUT2D eigenvalue weighted by Crippen LogP contribution is -2.29. The third-order valence-electron chi connectivity index (χ3n) is 2.47. The fourth-order valence-electron chi connectivity index (χ4n) is 1.69. The van der Waals surface area contributed by atoms with Gasteiger partial charge in [0.25, 0.3) is 5.91 Å². The molecule has 0 radical (unpaired) electrons. The average molecular weight is 247 g/mol. The van der Waals surface area contributed by atoms with E-state index >= 15 is 0 Å². The number of nitrogens with one attached hydrogen (secondary N) is 2. The predicted octanol–water partition coefficient (Wildman–Crippen LogP) is 0.993. The largest absolute Gasteiger partial charge is 0.448 e. The lowest BCUT2D eigenvalue weighted by molar-refractivity contribution is 0.0938. The molecular weight excluding hydrogens is 234 g/mol. The van der Waals surface area contributed by atoms with Gasteiger partial charge in [-0.2, -0.15) is 0 Å². The van der Waals surface area contributed by atoms with E-state index in [1.807, 2.05) is 12.1 Å². The lowest BCUT2D eigenvalue weighted by Gasteiger charge is -2.06. The number of amides is 2. The number of aromatic amines is 1. The van der Waals surface area contributed by atoms with Gasteiger partial charge in [0.1, 0.15) is 6.61 Å². The first-order chi connectivity index (χ1) is 8.68. The highest BCUT2D eigenvalue weighted by Gasteiger charge is 2.09. The second-order valence-corrected chi connectivity index (χ2v) is 3.67. The summed E-state index contributed by atoms with van der Waals surface area (Å²) < 4.78 is 4.52. The maximum atomic E-state index is 11.9. The molecule has 2 rings (SSSR count). The number of carbonyl (C=O) groups is 2. The molecule has 0 bridgehead atoms. The number of nitrogens with two attached hydrogens (primary N) is 1. The molecule has 0 unspecified atom stereocenters. The molecule has 0 aliphatic carbocycles. The van der Waals surface area contributed by atoms with Gasteiger partial charge in [-0.3, -0.25) is 4.79 Å². The Morgan fingerprint density at radius 2 is 2.17 bits per heavy atom. The summed E-state index contributed by atoms with van der Waals surface area (Å²) in [6.45, 7) is 0.284. The van der Waals surface area contributed by atoms with E-state index in [4.69, 9.17) is 5.73 Å². The van der Waals surface area contributed by atoms with E-state index in [2.05, 4.69) is 15.0 Å². The van der Waals surface area contributed by atoms with Gasteiger partial charge in [-0.05, 0) is 18.2 Å². The molecule has 4 N–H and O–H groups in total. The summed E-state index contributed by atoms with van der Waals surface area (Å²) in [7, 11) is 0. The van der Waals surface area contributed by atoms with Crippen LogP contribution in [0.25, 0.3) is 10.9 Å². The Labute approximate surface area is 103 Å². The number of rotatable bonds is 4. The molecule has 0 spiro atoms. The minimum Gasteiger partial charge on any atom is -0.448 e. The summed E-state index contributed by atoms with van der Waals surface area (Å²) in [5, 5.41) is 3.50. The van der Waals surface area contributed by atoms with Gasteiger partial charge >= 0.3 is 6.09 Å². The Morgan fingerprint density at radius 3 is 2.94 bits per heavy atom. The molecule has 0 saturated heterocycles. The number of H-pyrrole nitrogens is 1. The molecule has 0 aliphatic heterocycles.